The third kappa shape index (κ3) is 14.2. The molecule has 4 heterocycles. The summed E-state index contributed by atoms with van der Waals surface area (Å²) in [4.78, 5) is 35.9. The summed E-state index contributed by atoms with van der Waals surface area (Å²) in [6.45, 7) is 3.67. The first-order valence-corrected chi connectivity index (χ1v) is 12.5. The molecule has 0 spiro atoms. The van der Waals surface area contributed by atoms with Crippen LogP contribution in [0.5, 0.6) is 0 Å². The minimum Gasteiger partial charge on any atom is -0.475 e. The average molecular weight is 669 g/mol. The number of alkyl halides is 9. The van der Waals surface area contributed by atoms with Crippen LogP contribution >= 0.6 is 0 Å². The van der Waals surface area contributed by atoms with E-state index in [-0.39, 0.29) is 6.10 Å². The fraction of sp³-hybridized carbons (Fsp3) is 0.520. The van der Waals surface area contributed by atoms with Gasteiger partial charge >= 0.3 is 36.4 Å². The average Bonchev–Trinajstić information content (AvgIpc) is 3.57. The van der Waals surface area contributed by atoms with Crippen LogP contribution < -0.4 is 0 Å². The molecule has 0 radical (unpaired) electrons. The number of fused-ring (bicyclic) bond motifs is 1. The molecule has 0 aliphatic carbocycles. The van der Waals surface area contributed by atoms with E-state index in [1.807, 2.05) is 24.5 Å². The van der Waals surface area contributed by atoms with Crippen LogP contribution in [-0.4, -0.2) is 105 Å². The quantitative estimate of drug-likeness (QED) is 0.388. The maximum Gasteiger partial charge on any atom is 0.490 e. The molecule has 2 fully saturated rings. The first-order chi connectivity index (χ1) is 20.6. The number of aliphatic carboxylic acids is 3. The van der Waals surface area contributed by atoms with E-state index in [1.54, 1.807) is 6.26 Å². The summed E-state index contributed by atoms with van der Waals surface area (Å²) in [6.07, 6.45) is -7.07. The highest BCUT2D eigenvalue weighted by molar-refractivity contribution is 5.73. The molecule has 0 amide bonds. The second-order valence-electron chi connectivity index (χ2n) is 9.31. The Labute approximate surface area is 248 Å². The van der Waals surface area contributed by atoms with Crippen molar-refractivity contribution in [2.75, 3.05) is 20.2 Å². The summed E-state index contributed by atoms with van der Waals surface area (Å²) in [7, 11) is 2.20. The van der Waals surface area contributed by atoms with Crippen LogP contribution in [0.1, 0.15) is 24.2 Å². The fourth-order valence-electron chi connectivity index (χ4n) is 4.10. The molecule has 0 unspecified atom stereocenters. The van der Waals surface area contributed by atoms with Gasteiger partial charge < -0.3 is 24.5 Å². The Kier molecular flexibility index (Phi) is 14.7. The number of furan rings is 1. The van der Waals surface area contributed by atoms with E-state index in [0.717, 1.165) is 38.4 Å². The van der Waals surface area contributed by atoms with Crippen LogP contribution in [0, 0.1) is 0 Å². The van der Waals surface area contributed by atoms with Gasteiger partial charge in [-0.3, -0.25) is 14.8 Å². The standard InChI is InChI=1S/C19H25N3O2.3C2HF3O2/c1-21(12-15-5-2-8-20-11-15)18-14-22(13-16-6-3-9-23-16)17-7-4-10-24-19(17)18;3*3-2(4,5)1(6)7/h2-3,5-6,8-9,11,17-19H,4,7,10,12-14H2,1H3;3*(H,6,7)/t17-,18-,19+;;;/m1.../s1. The van der Waals surface area contributed by atoms with Gasteiger partial charge in [0.05, 0.1) is 25.0 Å². The van der Waals surface area contributed by atoms with Gasteiger partial charge in [-0.15, -0.1) is 0 Å². The van der Waals surface area contributed by atoms with E-state index in [4.69, 9.17) is 38.9 Å². The summed E-state index contributed by atoms with van der Waals surface area (Å²) in [5, 5.41) is 21.4. The van der Waals surface area contributed by atoms with E-state index >= 15 is 0 Å². The molecule has 0 aromatic carbocycles. The molecule has 2 aromatic heterocycles. The Hall–Kier alpha value is -3.91. The minimum absolute atomic E-state index is 0.287. The lowest BCUT2D eigenvalue weighted by molar-refractivity contribution is -0.193. The predicted octanol–water partition coefficient (Wildman–Crippen LogP) is 4.44. The molecule has 45 heavy (non-hydrogen) atoms. The maximum atomic E-state index is 10.6. The Morgan fingerprint density at radius 1 is 0.933 bits per heavy atom. The largest absolute Gasteiger partial charge is 0.490 e. The molecular weight excluding hydrogens is 641 g/mol. The van der Waals surface area contributed by atoms with Crippen LogP contribution in [0.15, 0.2) is 47.3 Å². The molecule has 2 saturated heterocycles. The number of hydrogen-bond acceptors (Lipinski definition) is 8. The van der Waals surface area contributed by atoms with Crippen molar-refractivity contribution >= 4 is 17.9 Å². The van der Waals surface area contributed by atoms with Crippen molar-refractivity contribution in [3.05, 3.63) is 54.2 Å². The molecule has 20 heteroatoms. The lowest BCUT2D eigenvalue weighted by atomic mass is 10.00. The molecular formula is C25H28F9N3O8. The lowest BCUT2D eigenvalue weighted by Gasteiger charge is -2.34. The van der Waals surface area contributed by atoms with Crippen LogP contribution in [0.25, 0.3) is 0 Å². The molecule has 2 aromatic rings. The van der Waals surface area contributed by atoms with Crippen LogP contribution in [-0.2, 0) is 32.2 Å². The summed E-state index contributed by atoms with van der Waals surface area (Å²) >= 11 is 0. The van der Waals surface area contributed by atoms with E-state index in [2.05, 4.69) is 34.0 Å². The summed E-state index contributed by atoms with van der Waals surface area (Å²) < 4.78 is 107. The number of carboxylic acid groups (broad SMARTS) is 3. The number of carbonyl (C=O) groups is 3. The summed E-state index contributed by atoms with van der Waals surface area (Å²) in [6, 6.07) is 9.06. The molecule has 11 nitrogen and oxygen atoms in total. The van der Waals surface area contributed by atoms with E-state index in [0.29, 0.717) is 12.1 Å². The second-order valence-corrected chi connectivity index (χ2v) is 9.31. The number of nitrogens with zero attached hydrogens (tertiary/aromatic N) is 3. The lowest BCUT2D eigenvalue weighted by Crippen LogP contribution is -2.46. The maximum absolute atomic E-state index is 10.6. The third-order valence-electron chi connectivity index (χ3n) is 5.99. The Morgan fingerprint density at radius 3 is 1.89 bits per heavy atom. The third-order valence-corrected chi connectivity index (χ3v) is 5.99. The SMILES string of the molecule is CN(Cc1cccnc1)[C@@H]1CN(Cc2ccco2)[C@@H]2CCCO[C@H]12.O=C(O)C(F)(F)F.O=C(O)C(F)(F)F.O=C(O)C(F)(F)F. The van der Waals surface area contributed by atoms with Gasteiger partial charge in [0.25, 0.3) is 0 Å². The normalized spacial score (nSPS) is 19.9. The van der Waals surface area contributed by atoms with Gasteiger partial charge in [0.2, 0.25) is 0 Å². The zero-order chi connectivity index (χ0) is 34.6. The predicted molar refractivity (Wildman–Crippen MR) is 132 cm³/mol. The monoisotopic (exact) mass is 669 g/mol. The minimum atomic E-state index is -5.08. The van der Waals surface area contributed by atoms with Gasteiger partial charge in [-0.25, -0.2) is 14.4 Å². The zero-order valence-corrected chi connectivity index (χ0v) is 23.1. The van der Waals surface area contributed by atoms with Gasteiger partial charge in [0.1, 0.15) is 5.76 Å². The summed E-state index contributed by atoms with van der Waals surface area (Å²) in [5.74, 6) is -7.23. The highest BCUT2D eigenvalue weighted by Crippen LogP contribution is 2.33. The van der Waals surface area contributed by atoms with Crippen LogP contribution in [0.3, 0.4) is 0 Å². The molecule has 2 aliphatic rings. The van der Waals surface area contributed by atoms with E-state index in [1.165, 1.54) is 12.0 Å². The number of halogens is 9. The van der Waals surface area contributed by atoms with Crippen molar-refractivity contribution in [2.24, 2.45) is 0 Å². The number of aromatic nitrogens is 1. The van der Waals surface area contributed by atoms with Crippen molar-refractivity contribution in [2.45, 2.75) is 62.6 Å². The van der Waals surface area contributed by atoms with Gasteiger partial charge in [-0.1, -0.05) is 6.07 Å². The van der Waals surface area contributed by atoms with Crippen LogP contribution in [0.2, 0.25) is 0 Å². The smallest absolute Gasteiger partial charge is 0.475 e. The number of likely N-dealkylation sites (N-methyl/N-ethyl adjacent to an activating group) is 1. The number of ether oxygens (including phenoxy) is 1. The Bertz CT molecular complexity index is 1140. The molecule has 254 valence electrons. The molecule has 3 atom stereocenters. The topological polar surface area (TPSA) is 154 Å². The summed E-state index contributed by atoms with van der Waals surface area (Å²) in [5.41, 5.74) is 1.25. The van der Waals surface area contributed by atoms with Crippen molar-refractivity contribution < 1.29 is 78.4 Å². The van der Waals surface area contributed by atoms with Crippen molar-refractivity contribution in [1.82, 2.24) is 14.8 Å². The van der Waals surface area contributed by atoms with Crippen molar-refractivity contribution in [3.8, 4) is 0 Å². The molecule has 2 aliphatic heterocycles. The Balaban J connectivity index is 0.000000396. The highest BCUT2D eigenvalue weighted by atomic mass is 19.4. The molecule has 4 rings (SSSR count). The molecule has 0 bridgehead atoms. The Morgan fingerprint density at radius 2 is 1.47 bits per heavy atom. The van der Waals surface area contributed by atoms with E-state index < -0.39 is 36.4 Å². The van der Waals surface area contributed by atoms with Gasteiger partial charge in [0.15, 0.2) is 0 Å². The van der Waals surface area contributed by atoms with Crippen LogP contribution in [0.4, 0.5) is 39.5 Å². The molecule has 0 saturated carbocycles. The second kappa shape index (κ2) is 17.0. The highest BCUT2D eigenvalue weighted by Gasteiger charge is 2.45. The first kappa shape index (κ1) is 39.1. The van der Waals surface area contributed by atoms with Crippen molar-refractivity contribution in [3.63, 3.8) is 0 Å². The zero-order valence-electron chi connectivity index (χ0n) is 23.1. The van der Waals surface area contributed by atoms with Crippen molar-refractivity contribution in [1.29, 1.82) is 0 Å². The number of carboxylic acids is 3. The fourth-order valence-corrected chi connectivity index (χ4v) is 4.10. The number of pyridine rings is 1. The number of likely N-dealkylation sites (tertiary alicyclic amines) is 1. The van der Waals surface area contributed by atoms with Gasteiger partial charge in [-0.05, 0) is 43.7 Å². The number of rotatable bonds is 5. The number of hydrogen-bond donors (Lipinski definition) is 3. The molecule has 3 N–H and O–H groups in total. The van der Waals surface area contributed by atoms with E-state index in [9.17, 15) is 39.5 Å². The van der Waals surface area contributed by atoms with Gasteiger partial charge in [0, 0.05) is 38.1 Å². The first-order valence-electron chi connectivity index (χ1n) is 12.5. The van der Waals surface area contributed by atoms with Gasteiger partial charge in [-0.2, -0.15) is 39.5 Å².